The molecule has 1 radical (unpaired) electrons. The third-order valence-electron chi connectivity index (χ3n) is 0.0833. The molecule has 0 rings (SSSR count). The third kappa shape index (κ3) is 63.2. The molecule has 0 aliphatic carbocycles. The molecule has 0 N–H and O–H groups in total. The van der Waals surface area contributed by atoms with Crippen LogP contribution in [0.2, 0.25) is 0 Å². The number of aliphatic carboxylic acids is 1. The van der Waals surface area contributed by atoms with Crippen LogP contribution in [0.3, 0.4) is 0 Å². The Bertz CT molecular complexity index is 184. The van der Waals surface area contributed by atoms with E-state index in [0.29, 0.717) is 0 Å². The number of carbonyl (C=O) groups is 1. The second kappa shape index (κ2) is 12.4. The molecular formula is C2H3CoKO7S. The van der Waals surface area contributed by atoms with E-state index in [4.69, 9.17) is 28.1 Å². The van der Waals surface area contributed by atoms with Crippen LogP contribution in [-0.2, 0) is 36.3 Å². The van der Waals surface area contributed by atoms with Gasteiger partial charge in [0.1, 0.15) is 0 Å². The van der Waals surface area contributed by atoms with Crippen molar-refractivity contribution >= 4 is 16.4 Å². The second-order valence-electron chi connectivity index (χ2n) is 0.968. The average Bonchev–Trinajstić information content (AvgIpc) is 1.63. The summed E-state index contributed by atoms with van der Waals surface area (Å²) in [6.45, 7) is 0.972. The quantitative estimate of drug-likeness (QED) is 0.152. The van der Waals surface area contributed by atoms with E-state index in [1.54, 1.807) is 0 Å². The first-order valence-corrected chi connectivity index (χ1v) is 3.07. The first-order valence-electron chi connectivity index (χ1n) is 1.74. The van der Waals surface area contributed by atoms with Gasteiger partial charge in [0.15, 0.2) is 0 Å². The van der Waals surface area contributed by atoms with Gasteiger partial charge in [-0.2, -0.15) is 0 Å². The normalized spacial score (nSPS) is 7.92. The predicted molar refractivity (Wildman–Crippen MR) is 21.5 cm³/mol. The molecule has 0 saturated heterocycles. The van der Waals surface area contributed by atoms with Crippen molar-refractivity contribution in [3.8, 4) is 0 Å². The SMILES string of the molecule is CC(=O)[O-].O=S(=O)([O-])O[O-].[Co+2].[K+]. The summed E-state index contributed by atoms with van der Waals surface area (Å²) in [6, 6.07) is 0. The molecule has 0 heterocycles. The monoisotopic (exact) mass is 269 g/mol. The van der Waals surface area contributed by atoms with Gasteiger partial charge in [-0.15, -0.1) is 0 Å². The molecule has 0 atom stereocenters. The molecular weight excluding hydrogens is 266 g/mol. The Morgan fingerprint density at radius 2 is 1.50 bits per heavy atom. The fourth-order valence-corrected chi connectivity index (χ4v) is 0. The van der Waals surface area contributed by atoms with Crippen molar-refractivity contribution in [2.75, 3.05) is 0 Å². The summed E-state index contributed by atoms with van der Waals surface area (Å²) in [5.74, 6) is -1.08. The van der Waals surface area contributed by atoms with Gasteiger partial charge in [0, 0.05) is 5.97 Å². The smallest absolute Gasteiger partial charge is 0.726 e. The summed E-state index contributed by atoms with van der Waals surface area (Å²) in [4.78, 5) is 8.89. The van der Waals surface area contributed by atoms with Gasteiger partial charge in [-0.25, -0.2) is 8.42 Å². The van der Waals surface area contributed by atoms with Gasteiger partial charge in [0.2, 0.25) is 10.4 Å². The van der Waals surface area contributed by atoms with E-state index in [-0.39, 0.29) is 68.2 Å². The molecule has 0 unspecified atom stereocenters. The predicted octanol–water partition coefficient (Wildman–Crippen LogP) is -6.50. The Morgan fingerprint density at radius 3 is 1.50 bits per heavy atom. The van der Waals surface area contributed by atoms with Gasteiger partial charge >= 0.3 is 68.2 Å². The van der Waals surface area contributed by atoms with E-state index in [2.05, 4.69) is 4.33 Å². The van der Waals surface area contributed by atoms with Crippen LogP contribution in [0.5, 0.6) is 0 Å². The first-order chi connectivity index (χ1) is 4.29. The maximum absolute atomic E-state index is 8.91. The molecule has 0 fully saturated rings. The van der Waals surface area contributed by atoms with E-state index in [1.807, 2.05) is 0 Å². The molecule has 0 spiro atoms. The van der Waals surface area contributed by atoms with Crippen molar-refractivity contribution in [1.29, 1.82) is 0 Å². The molecule has 69 valence electrons. The Morgan fingerprint density at radius 1 is 1.42 bits per heavy atom. The fraction of sp³-hybridized carbons (Fsp3) is 0.500. The fourth-order valence-electron chi connectivity index (χ4n) is 0. The van der Waals surface area contributed by atoms with E-state index in [0.717, 1.165) is 6.92 Å². The zero-order valence-electron chi connectivity index (χ0n) is 6.10. The molecule has 12 heavy (non-hydrogen) atoms. The molecule has 7 nitrogen and oxygen atoms in total. The summed E-state index contributed by atoms with van der Waals surface area (Å²) in [7, 11) is -4.97. The first kappa shape index (κ1) is 23.3. The van der Waals surface area contributed by atoms with Crippen molar-refractivity contribution in [3.63, 3.8) is 0 Å². The summed E-state index contributed by atoms with van der Waals surface area (Å²) in [5, 5.41) is 17.4. The van der Waals surface area contributed by atoms with Crippen LogP contribution in [0.25, 0.3) is 0 Å². The summed E-state index contributed by atoms with van der Waals surface area (Å²) < 4.78 is 28.8. The number of rotatable bonds is 1. The molecule has 0 aromatic rings. The summed E-state index contributed by atoms with van der Waals surface area (Å²) in [6.07, 6.45) is 0. The van der Waals surface area contributed by atoms with Crippen molar-refractivity contribution in [1.82, 2.24) is 0 Å². The summed E-state index contributed by atoms with van der Waals surface area (Å²) >= 11 is 0. The Labute approximate surface area is 122 Å². The van der Waals surface area contributed by atoms with Gasteiger partial charge in [-0.05, 0) is 6.92 Å². The van der Waals surface area contributed by atoms with E-state index >= 15 is 0 Å². The third-order valence-corrected chi connectivity index (χ3v) is 0.250. The molecule has 10 heteroatoms. The van der Waals surface area contributed by atoms with Gasteiger partial charge < -0.3 is 24.0 Å². The topological polar surface area (TPSA) is 130 Å². The maximum Gasteiger partial charge on any atom is 2.00 e. The Hall–Kier alpha value is 1.44. The van der Waals surface area contributed by atoms with E-state index in [1.165, 1.54) is 0 Å². The minimum Gasteiger partial charge on any atom is -0.726 e. The molecule has 0 aromatic heterocycles. The van der Waals surface area contributed by atoms with Crippen molar-refractivity contribution in [2.24, 2.45) is 0 Å². The molecule has 0 aromatic carbocycles. The van der Waals surface area contributed by atoms with Crippen LogP contribution < -0.4 is 61.7 Å². The zero-order valence-corrected chi connectivity index (χ0v) is 11.1. The van der Waals surface area contributed by atoms with Crippen LogP contribution in [0, 0.1) is 0 Å². The molecule has 0 amide bonds. The van der Waals surface area contributed by atoms with Crippen LogP contribution in [0.1, 0.15) is 6.92 Å². The number of carboxylic acid groups (broad SMARTS) is 1. The van der Waals surface area contributed by atoms with Crippen LogP contribution in [-0.4, -0.2) is 18.9 Å². The van der Waals surface area contributed by atoms with Gasteiger partial charge in [-0.1, -0.05) is 0 Å². The molecule has 0 bridgehead atoms. The van der Waals surface area contributed by atoms with Gasteiger partial charge in [0.25, 0.3) is 0 Å². The zero-order chi connectivity index (χ0) is 8.78. The number of carboxylic acids is 1. The minimum absolute atomic E-state index is 0. The Kier molecular flexibility index (Phi) is 24.2. The summed E-state index contributed by atoms with van der Waals surface area (Å²) in [5.41, 5.74) is 0. The van der Waals surface area contributed by atoms with Gasteiger partial charge in [0.05, 0.1) is 0 Å². The standard InChI is InChI=1S/C2H4O2.Co.K.H2O5S/c1-2(3)4;;;1-5-6(2,3)4/h1H3,(H,3,4);;;1H,(H,2,3,4)/q;+2;+1;/p-3. The van der Waals surface area contributed by atoms with Crippen LogP contribution in [0.15, 0.2) is 0 Å². The Balaban J connectivity index is -0.0000000483. The van der Waals surface area contributed by atoms with Crippen molar-refractivity contribution in [3.05, 3.63) is 0 Å². The average molecular weight is 269 g/mol. The maximum atomic E-state index is 8.91. The molecule has 0 aliphatic heterocycles. The van der Waals surface area contributed by atoms with Crippen LogP contribution >= 0.6 is 0 Å². The second-order valence-corrected chi connectivity index (χ2v) is 1.92. The number of hydrogen-bond acceptors (Lipinski definition) is 7. The van der Waals surface area contributed by atoms with Crippen LogP contribution in [0.4, 0.5) is 0 Å². The van der Waals surface area contributed by atoms with Crippen molar-refractivity contribution < 1.29 is 101 Å². The van der Waals surface area contributed by atoms with E-state index in [9.17, 15) is 0 Å². The van der Waals surface area contributed by atoms with Gasteiger partial charge in [-0.3, -0.25) is 0 Å². The molecule has 0 saturated carbocycles. The number of hydrogen-bond donors (Lipinski definition) is 0. The largest absolute Gasteiger partial charge is 2.00 e. The minimum atomic E-state index is -4.97. The number of carbonyl (C=O) groups excluding carboxylic acids is 1. The van der Waals surface area contributed by atoms with E-state index < -0.39 is 16.4 Å². The van der Waals surface area contributed by atoms with Crippen molar-refractivity contribution in [2.45, 2.75) is 6.92 Å². The molecule has 0 aliphatic rings.